The van der Waals surface area contributed by atoms with E-state index < -0.39 is 0 Å². The third-order valence-corrected chi connectivity index (χ3v) is 4.12. The zero-order valence-electron chi connectivity index (χ0n) is 9.43. The number of nitrogens with one attached hydrogen (secondary N) is 1. The first kappa shape index (κ1) is 12.0. The lowest BCUT2D eigenvalue weighted by Gasteiger charge is -2.08. The normalized spacial score (nSPS) is 9.88. The Balaban J connectivity index is 2.05. The standard InChI is InChI=1S/C13H12N2S2/c1-16-13-5-3-2-4-12(13)15-9-11-7-6-10(8-14)17-11/h2-7,15H,9H2,1H3. The summed E-state index contributed by atoms with van der Waals surface area (Å²) < 4.78 is 0. The minimum absolute atomic E-state index is 0.764. The molecule has 2 aromatic rings. The summed E-state index contributed by atoms with van der Waals surface area (Å²) in [6, 6.07) is 14.3. The van der Waals surface area contributed by atoms with Gasteiger partial charge in [-0.05, 0) is 30.5 Å². The van der Waals surface area contributed by atoms with Crippen LogP contribution in [0.4, 0.5) is 5.69 Å². The third kappa shape index (κ3) is 3.02. The van der Waals surface area contributed by atoms with Crippen molar-refractivity contribution in [2.24, 2.45) is 0 Å². The van der Waals surface area contributed by atoms with Crippen LogP contribution in [0.1, 0.15) is 9.75 Å². The Kier molecular flexibility index (Phi) is 4.08. The fourth-order valence-electron chi connectivity index (χ4n) is 1.51. The summed E-state index contributed by atoms with van der Waals surface area (Å²) >= 11 is 3.26. The molecule has 0 aliphatic carbocycles. The predicted octanol–water partition coefficient (Wildman–Crippen LogP) is 3.95. The van der Waals surface area contributed by atoms with Gasteiger partial charge < -0.3 is 5.32 Å². The molecule has 2 nitrogen and oxygen atoms in total. The summed E-state index contributed by atoms with van der Waals surface area (Å²) in [4.78, 5) is 3.18. The lowest BCUT2D eigenvalue weighted by molar-refractivity contribution is 1.17. The van der Waals surface area contributed by atoms with E-state index in [-0.39, 0.29) is 0 Å². The first-order chi connectivity index (χ1) is 8.33. The summed E-state index contributed by atoms with van der Waals surface area (Å²) in [6.45, 7) is 0.768. The lowest BCUT2D eigenvalue weighted by atomic mass is 10.3. The van der Waals surface area contributed by atoms with E-state index in [0.717, 1.165) is 17.1 Å². The van der Waals surface area contributed by atoms with Crippen LogP contribution in [0.25, 0.3) is 0 Å². The van der Waals surface area contributed by atoms with Gasteiger partial charge >= 0.3 is 0 Å². The van der Waals surface area contributed by atoms with Crippen LogP contribution in [-0.2, 0) is 6.54 Å². The first-order valence-corrected chi connectivity index (χ1v) is 7.23. The number of nitriles is 1. The number of hydrogen-bond donors (Lipinski definition) is 1. The largest absolute Gasteiger partial charge is 0.379 e. The summed E-state index contributed by atoms with van der Waals surface area (Å²) in [6.07, 6.45) is 2.07. The molecule has 0 fully saturated rings. The maximum Gasteiger partial charge on any atom is 0.110 e. The average Bonchev–Trinajstić information content (AvgIpc) is 2.84. The number of para-hydroxylation sites is 1. The smallest absolute Gasteiger partial charge is 0.110 e. The Labute approximate surface area is 109 Å². The van der Waals surface area contributed by atoms with Crippen molar-refractivity contribution in [2.45, 2.75) is 11.4 Å². The molecule has 0 amide bonds. The van der Waals surface area contributed by atoms with E-state index in [9.17, 15) is 0 Å². The molecular formula is C13H12N2S2. The van der Waals surface area contributed by atoms with Crippen molar-refractivity contribution in [3.63, 3.8) is 0 Å². The average molecular weight is 260 g/mol. The minimum atomic E-state index is 0.764. The topological polar surface area (TPSA) is 35.8 Å². The van der Waals surface area contributed by atoms with Gasteiger partial charge in [-0.3, -0.25) is 0 Å². The Hall–Kier alpha value is -1.44. The van der Waals surface area contributed by atoms with Gasteiger partial charge in [-0.2, -0.15) is 5.26 Å². The van der Waals surface area contributed by atoms with Gasteiger partial charge in [0.05, 0.1) is 0 Å². The molecule has 1 aromatic carbocycles. The van der Waals surface area contributed by atoms with E-state index in [4.69, 9.17) is 5.26 Å². The van der Waals surface area contributed by atoms with Crippen molar-refractivity contribution >= 4 is 28.8 Å². The molecule has 4 heteroatoms. The molecule has 0 unspecified atom stereocenters. The molecule has 2 rings (SSSR count). The maximum atomic E-state index is 8.76. The Morgan fingerprint density at radius 1 is 1.29 bits per heavy atom. The van der Waals surface area contributed by atoms with Gasteiger partial charge in [-0.25, -0.2) is 0 Å². The molecule has 0 spiro atoms. The predicted molar refractivity (Wildman–Crippen MR) is 74.6 cm³/mol. The van der Waals surface area contributed by atoms with E-state index in [2.05, 4.69) is 29.8 Å². The van der Waals surface area contributed by atoms with Crippen molar-refractivity contribution < 1.29 is 0 Å². The van der Waals surface area contributed by atoms with Crippen molar-refractivity contribution in [1.29, 1.82) is 5.26 Å². The molecule has 86 valence electrons. The van der Waals surface area contributed by atoms with Crippen LogP contribution in [0.3, 0.4) is 0 Å². The number of thioether (sulfide) groups is 1. The molecule has 0 atom stereocenters. The molecule has 0 aliphatic rings. The van der Waals surface area contributed by atoms with Crippen LogP contribution in [0.5, 0.6) is 0 Å². The summed E-state index contributed by atoms with van der Waals surface area (Å²) in [5, 5.41) is 12.2. The highest BCUT2D eigenvalue weighted by molar-refractivity contribution is 7.98. The minimum Gasteiger partial charge on any atom is -0.379 e. The molecule has 0 radical (unpaired) electrons. The lowest BCUT2D eigenvalue weighted by Crippen LogP contribution is -1.98. The Morgan fingerprint density at radius 2 is 2.12 bits per heavy atom. The SMILES string of the molecule is CSc1ccccc1NCc1ccc(C#N)s1. The van der Waals surface area contributed by atoms with Gasteiger partial charge in [0.1, 0.15) is 10.9 Å². The molecule has 1 N–H and O–H groups in total. The van der Waals surface area contributed by atoms with E-state index >= 15 is 0 Å². The maximum absolute atomic E-state index is 8.76. The van der Waals surface area contributed by atoms with Gasteiger partial charge in [-0.1, -0.05) is 12.1 Å². The number of anilines is 1. The van der Waals surface area contributed by atoms with Crippen molar-refractivity contribution in [3.8, 4) is 6.07 Å². The number of rotatable bonds is 4. The number of hydrogen-bond acceptors (Lipinski definition) is 4. The summed E-state index contributed by atoms with van der Waals surface area (Å²) in [7, 11) is 0. The third-order valence-electron chi connectivity index (χ3n) is 2.33. The van der Waals surface area contributed by atoms with Crippen LogP contribution < -0.4 is 5.32 Å². The molecule has 0 saturated carbocycles. The van der Waals surface area contributed by atoms with Crippen LogP contribution in [-0.4, -0.2) is 6.26 Å². The van der Waals surface area contributed by atoms with Gasteiger partial charge in [0, 0.05) is 22.0 Å². The van der Waals surface area contributed by atoms with Gasteiger partial charge in [-0.15, -0.1) is 23.1 Å². The van der Waals surface area contributed by atoms with Crippen LogP contribution in [0.15, 0.2) is 41.3 Å². The second kappa shape index (κ2) is 5.76. The summed E-state index contributed by atoms with van der Waals surface area (Å²) in [5.74, 6) is 0. The van der Waals surface area contributed by atoms with Crippen molar-refractivity contribution in [1.82, 2.24) is 0 Å². The second-order valence-electron chi connectivity index (χ2n) is 3.43. The number of nitrogens with zero attached hydrogens (tertiary/aromatic N) is 1. The van der Waals surface area contributed by atoms with E-state index in [1.807, 2.05) is 24.3 Å². The molecule has 0 aliphatic heterocycles. The van der Waals surface area contributed by atoms with E-state index in [1.54, 1.807) is 11.8 Å². The van der Waals surface area contributed by atoms with Crippen LogP contribution in [0, 0.1) is 11.3 Å². The zero-order chi connectivity index (χ0) is 12.1. The second-order valence-corrected chi connectivity index (χ2v) is 5.45. The van der Waals surface area contributed by atoms with Crippen molar-refractivity contribution in [3.05, 3.63) is 46.2 Å². The number of benzene rings is 1. The first-order valence-electron chi connectivity index (χ1n) is 5.19. The van der Waals surface area contributed by atoms with E-state index in [0.29, 0.717) is 0 Å². The van der Waals surface area contributed by atoms with Gasteiger partial charge in [0.15, 0.2) is 0 Å². The highest BCUT2D eigenvalue weighted by atomic mass is 32.2. The Bertz CT molecular complexity index is 540. The van der Waals surface area contributed by atoms with Crippen LogP contribution in [0.2, 0.25) is 0 Å². The highest BCUT2D eigenvalue weighted by Crippen LogP contribution is 2.25. The molecule has 0 saturated heterocycles. The molecule has 0 bridgehead atoms. The molecule has 1 aromatic heterocycles. The molecular weight excluding hydrogens is 248 g/mol. The fraction of sp³-hybridized carbons (Fsp3) is 0.154. The highest BCUT2D eigenvalue weighted by Gasteiger charge is 2.02. The zero-order valence-corrected chi connectivity index (χ0v) is 11.1. The Morgan fingerprint density at radius 3 is 2.82 bits per heavy atom. The van der Waals surface area contributed by atoms with Crippen LogP contribution >= 0.6 is 23.1 Å². The van der Waals surface area contributed by atoms with Crippen molar-refractivity contribution in [2.75, 3.05) is 11.6 Å². The number of thiophene rings is 1. The van der Waals surface area contributed by atoms with Gasteiger partial charge in [0.25, 0.3) is 0 Å². The van der Waals surface area contributed by atoms with E-state index in [1.165, 1.54) is 21.1 Å². The molecule has 1 heterocycles. The fourth-order valence-corrected chi connectivity index (χ4v) is 2.83. The van der Waals surface area contributed by atoms with Gasteiger partial charge in [0.2, 0.25) is 0 Å². The quantitative estimate of drug-likeness (QED) is 0.845. The molecule has 17 heavy (non-hydrogen) atoms. The summed E-state index contributed by atoms with van der Waals surface area (Å²) in [5.41, 5.74) is 1.15. The monoisotopic (exact) mass is 260 g/mol.